The van der Waals surface area contributed by atoms with Crippen molar-refractivity contribution in [2.45, 2.75) is 19.9 Å². The molecule has 7 nitrogen and oxygen atoms in total. The zero-order valence-electron chi connectivity index (χ0n) is 13.5. The Kier molecular flexibility index (Phi) is 5.70. The highest BCUT2D eigenvalue weighted by Gasteiger charge is 2.12. The van der Waals surface area contributed by atoms with E-state index in [1.807, 2.05) is 13.8 Å². The van der Waals surface area contributed by atoms with Crippen molar-refractivity contribution in [1.82, 2.24) is 15.3 Å². The second-order valence-corrected chi connectivity index (χ2v) is 5.61. The Balaban J connectivity index is 2.25. The first kappa shape index (κ1) is 17.7. The second kappa shape index (κ2) is 7.74. The monoisotopic (exact) mass is 348 g/mol. The molecule has 2 rings (SSSR count). The Hall–Kier alpha value is -2.67. The topological polar surface area (TPSA) is 93.2 Å². The van der Waals surface area contributed by atoms with Crippen LogP contribution in [0.4, 0.5) is 11.6 Å². The predicted molar refractivity (Wildman–Crippen MR) is 90.7 cm³/mol. The standard InChI is InChI=1S/C16H17ClN4O3/c1-9(2)19-14(22)12-6-7-18-16(20-12)21-13-8-10(15(23)24-3)4-5-11(13)17/h4-9H,1-3H3,(H,19,22)(H,18,20,21). The molecule has 1 aromatic carbocycles. The number of nitrogens with zero attached hydrogens (tertiary/aromatic N) is 2. The number of esters is 1. The molecule has 1 amide bonds. The van der Waals surface area contributed by atoms with Gasteiger partial charge in [-0.2, -0.15) is 0 Å². The van der Waals surface area contributed by atoms with E-state index in [1.165, 1.54) is 25.4 Å². The molecule has 0 spiro atoms. The van der Waals surface area contributed by atoms with E-state index in [0.717, 1.165) is 0 Å². The van der Waals surface area contributed by atoms with E-state index in [1.54, 1.807) is 12.1 Å². The normalized spacial score (nSPS) is 10.4. The van der Waals surface area contributed by atoms with Gasteiger partial charge in [0.05, 0.1) is 23.4 Å². The van der Waals surface area contributed by atoms with Gasteiger partial charge >= 0.3 is 5.97 Å². The van der Waals surface area contributed by atoms with E-state index in [2.05, 4.69) is 25.3 Å². The van der Waals surface area contributed by atoms with Crippen LogP contribution in [-0.2, 0) is 4.74 Å². The summed E-state index contributed by atoms with van der Waals surface area (Å²) in [6, 6.07) is 6.14. The van der Waals surface area contributed by atoms with E-state index in [0.29, 0.717) is 16.3 Å². The molecule has 0 aliphatic rings. The molecule has 0 atom stereocenters. The number of halogens is 1. The minimum absolute atomic E-state index is 0.00458. The maximum absolute atomic E-state index is 12.0. The van der Waals surface area contributed by atoms with Gasteiger partial charge in [-0.25, -0.2) is 14.8 Å². The molecule has 0 aliphatic heterocycles. The smallest absolute Gasteiger partial charge is 0.337 e. The molecule has 0 saturated carbocycles. The molecule has 0 saturated heterocycles. The Morgan fingerprint density at radius 2 is 2.00 bits per heavy atom. The summed E-state index contributed by atoms with van der Waals surface area (Å²) < 4.78 is 4.67. The largest absolute Gasteiger partial charge is 0.465 e. The third-order valence-corrected chi connectivity index (χ3v) is 3.27. The van der Waals surface area contributed by atoms with Crippen LogP contribution in [0.25, 0.3) is 0 Å². The summed E-state index contributed by atoms with van der Waals surface area (Å²) >= 11 is 6.12. The van der Waals surface area contributed by atoms with Crippen molar-refractivity contribution in [1.29, 1.82) is 0 Å². The molecule has 24 heavy (non-hydrogen) atoms. The van der Waals surface area contributed by atoms with Gasteiger partial charge in [0.15, 0.2) is 0 Å². The zero-order valence-corrected chi connectivity index (χ0v) is 14.2. The Labute approximate surface area is 144 Å². The van der Waals surface area contributed by atoms with Crippen LogP contribution in [-0.4, -0.2) is 35.0 Å². The van der Waals surface area contributed by atoms with E-state index in [4.69, 9.17) is 11.6 Å². The summed E-state index contributed by atoms with van der Waals surface area (Å²) in [5.41, 5.74) is 0.987. The average Bonchev–Trinajstić information content (AvgIpc) is 2.55. The van der Waals surface area contributed by atoms with Crippen LogP contribution < -0.4 is 10.6 Å². The molecule has 2 aromatic rings. The number of amides is 1. The fourth-order valence-corrected chi connectivity index (χ4v) is 2.03. The lowest BCUT2D eigenvalue weighted by atomic mass is 10.2. The molecule has 0 aliphatic carbocycles. The number of rotatable bonds is 5. The van der Waals surface area contributed by atoms with Gasteiger partial charge in [-0.3, -0.25) is 4.79 Å². The van der Waals surface area contributed by atoms with Crippen molar-refractivity contribution in [3.8, 4) is 0 Å². The Morgan fingerprint density at radius 1 is 1.25 bits per heavy atom. The summed E-state index contributed by atoms with van der Waals surface area (Å²) in [6.07, 6.45) is 1.46. The van der Waals surface area contributed by atoms with E-state index < -0.39 is 5.97 Å². The first-order valence-corrected chi connectivity index (χ1v) is 7.57. The molecular weight excluding hydrogens is 332 g/mol. The maximum Gasteiger partial charge on any atom is 0.337 e. The zero-order chi connectivity index (χ0) is 17.7. The van der Waals surface area contributed by atoms with Crippen molar-refractivity contribution < 1.29 is 14.3 Å². The predicted octanol–water partition coefficient (Wildman–Crippen LogP) is 2.80. The van der Waals surface area contributed by atoms with Gasteiger partial charge in [-0.05, 0) is 38.1 Å². The van der Waals surface area contributed by atoms with Crippen molar-refractivity contribution >= 4 is 35.1 Å². The van der Waals surface area contributed by atoms with Crippen molar-refractivity contribution in [3.05, 3.63) is 46.7 Å². The Morgan fingerprint density at radius 3 is 2.67 bits per heavy atom. The number of anilines is 2. The SMILES string of the molecule is COC(=O)c1ccc(Cl)c(Nc2nccc(C(=O)NC(C)C)n2)c1. The van der Waals surface area contributed by atoms with Crippen LogP contribution in [0.2, 0.25) is 5.02 Å². The number of methoxy groups -OCH3 is 1. The highest BCUT2D eigenvalue weighted by atomic mass is 35.5. The number of nitrogens with one attached hydrogen (secondary N) is 2. The second-order valence-electron chi connectivity index (χ2n) is 5.20. The number of benzene rings is 1. The van der Waals surface area contributed by atoms with Gasteiger partial charge in [0.1, 0.15) is 5.69 Å². The molecule has 1 heterocycles. The van der Waals surface area contributed by atoms with Crippen LogP contribution in [0, 0.1) is 0 Å². The average molecular weight is 349 g/mol. The molecular formula is C16H17ClN4O3. The highest BCUT2D eigenvalue weighted by Crippen LogP contribution is 2.25. The van der Waals surface area contributed by atoms with Gasteiger partial charge in [0.2, 0.25) is 5.95 Å². The molecule has 0 bridgehead atoms. The minimum Gasteiger partial charge on any atom is -0.465 e. The summed E-state index contributed by atoms with van der Waals surface area (Å²) in [7, 11) is 1.30. The number of hydrogen-bond acceptors (Lipinski definition) is 6. The molecule has 0 fully saturated rings. The molecule has 1 aromatic heterocycles. The Bertz CT molecular complexity index is 765. The van der Waals surface area contributed by atoms with Crippen LogP contribution in [0.5, 0.6) is 0 Å². The van der Waals surface area contributed by atoms with Gasteiger partial charge < -0.3 is 15.4 Å². The molecule has 0 radical (unpaired) electrons. The third-order valence-electron chi connectivity index (χ3n) is 2.94. The molecule has 126 valence electrons. The number of carbonyl (C=O) groups is 2. The van der Waals surface area contributed by atoms with Crippen molar-refractivity contribution in [2.75, 3.05) is 12.4 Å². The van der Waals surface area contributed by atoms with Gasteiger partial charge in [0, 0.05) is 12.2 Å². The minimum atomic E-state index is -0.485. The van der Waals surface area contributed by atoms with Crippen LogP contribution in [0.15, 0.2) is 30.5 Å². The van der Waals surface area contributed by atoms with Gasteiger partial charge in [0.25, 0.3) is 5.91 Å². The van der Waals surface area contributed by atoms with Crippen LogP contribution in [0.1, 0.15) is 34.7 Å². The third kappa shape index (κ3) is 4.42. The lowest BCUT2D eigenvalue weighted by Gasteiger charge is -2.10. The lowest BCUT2D eigenvalue weighted by Crippen LogP contribution is -2.30. The van der Waals surface area contributed by atoms with Gasteiger partial charge in [-0.15, -0.1) is 0 Å². The summed E-state index contributed by atoms with van der Waals surface area (Å²) in [6.45, 7) is 3.71. The fourth-order valence-electron chi connectivity index (χ4n) is 1.87. The number of aromatic nitrogens is 2. The molecule has 8 heteroatoms. The van der Waals surface area contributed by atoms with Crippen molar-refractivity contribution in [3.63, 3.8) is 0 Å². The molecule has 0 unspecified atom stereocenters. The highest BCUT2D eigenvalue weighted by molar-refractivity contribution is 6.33. The van der Waals surface area contributed by atoms with E-state index >= 15 is 0 Å². The summed E-state index contributed by atoms with van der Waals surface area (Å²) in [4.78, 5) is 31.8. The summed E-state index contributed by atoms with van der Waals surface area (Å²) in [5, 5.41) is 6.03. The van der Waals surface area contributed by atoms with E-state index in [9.17, 15) is 9.59 Å². The maximum atomic E-state index is 12.0. The number of carbonyl (C=O) groups excluding carboxylic acids is 2. The molecule has 2 N–H and O–H groups in total. The fraction of sp³-hybridized carbons (Fsp3) is 0.250. The number of hydrogen-bond donors (Lipinski definition) is 2. The first-order chi connectivity index (χ1) is 11.4. The van der Waals surface area contributed by atoms with E-state index in [-0.39, 0.29) is 23.6 Å². The summed E-state index contributed by atoms with van der Waals surface area (Å²) in [5.74, 6) is -0.596. The van der Waals surface area contributed by atoms with Crippen LogP contribution in [0.3, 0.4) is 0 Å². The van der Waals surface area contributed by atoms with Crippen molar-refractivity contribution in [2.24, 2.45) is 0 Å². The lowest BCUT2D eigenvalue weighted by molar-refractivity contribution is 0.0600. The first-order valence-electron chi connectivity index (χ1n) is 7.19. The van der Waals surface area contributed by atoms with Gasteiger partial charge in [-0.1, -0.05) is 11.6 Å². The van der Waals surface area contributed by atoms with Crippen LogP contribution >= 0.6 is 11.6 Å². The number of ether oxygens (including phenoxy) is 1. The quantitative estimate of drug-likeness (QED) is 0.807.